The van der Waals surface area contributed by atoms with Gasteiger partial charge in [-0.2, -0.15) is 0 Å². The number of aliphatic hydroxyl groups excluding tert-OH is 1. The first-order valence-corrected chi connectivity index (χ1v) is 8.47. The SMILES string of the molecule is O=C1C(=O)N(c2ncccn2)C(c2ccccc2F)/C1=C(\O)c1ccccc1. The number of hydrogen-bond acceptors (Lipinski definition) is 5. The number of rotatable bonds is 3. The molecule has 7 heteroatoms. The zero-order valence-corrected chi connectivity index (χ0v) is 14.5. The topological polar surface area (TPSA) is 83.4 Å². The van der Waals surface area contributed by atoms with Crippen LogP contribution in [0.15, 0.2) is 78.6 Å². The number of carbonyl (C=O) groups is 2. The number of hydrogen-bond donors (Lipinski definition) is 1. The van der Waals surface area contributed by atoms with Crippen LogP contribution in [0.5, 0.6) is 0 Å². The smallest absolute Gasteiger partial charge is 0.302 e. The Hall–Kier alpha value is -3.87. The average Bonchev–Trinajstić information content (AvgIpc) is 3.00. The number of nitrogens with zero attached hydrogens (tertiary/aromatic N) is 3. The third kappa shape index (κ3) is 2.83. The fourth-order valence-corrected chi connectivity index (χ4v) is 3.20. The zero-order chi connectivity index (χ0) is 19.7. The number of aromatic nitrogens is 2. The van der Waals surface area contributed by atoms with Crippen LogP contribution in [-0.4, -0.2) is 26.8 Å². The minimum Gasteiger partial charge on any atom is -0.507 e. The van der Waals surface area contributed by atoms with Crippen LogP contribution in [0.1, 0.15) is 17.2 Å². The molecule has 1 aliphatic rings. The maximum atomic E-state index is 14.6. The third-order valence-electron chi connectivity index (χ3n) is 4.46. The van der Waals surface area contributed by atoms with Crippen LogP contribution in [0.3, 0.4) is 0 Å². The summed E-state index contributed by atoms with van der Waals surface area (Å²) in [7, 11) is 0. The van der Waals surface area contributed by atoms with Crippen LogP contribution in [0.4, 0.5) is 10.3 Å². The minimum absolute atomic E-state index is 0.0510. The Morgan fingerprint density at radius 3 is 2.25 bits per heavy atom. The number of Topliss-reactive ketones (excluding diaryl/α,β-unsaturated/α-hetero) is 1. The molecule has 1 aromatic heterocycles. The first-order chi connectivity index (χ1) is 13.6. The molecule has 1 atom stereocenters. The van der Waals surface area contributed by atoms with Crippen LogP contribution >= 0.6 is 0 Å². The lowest BCUT2D eigenvalue weighted by atomic mass is 9.95. The fraction of sp³-hybridized carbons (Fsp3) is 0.0476. The van der Waals surface area contributed by atoms with Crippen LogP contribution in [-0.2, 0) is 9.59 Å². The summed E-state index contributed by atoms with van der Waals surface area (Å²) in [5.74, 6) is -2.91. The predicted octanol–water partition coefficient (Wildman–Crippen LogP) is 3.24. The van der Waals surface area contributed by atoms with Crippen molar-refractivity contribution >= 4 is 23.4 Å². The van der Waals surface area contributed by atoms with Gasteiger partial charge in [0.1, 0.15) is 17.6 Å². The molecule has 0 radical (unpaired) electrons. The van der Waals surface area contributed by atoms with E-state index in [-0.39, 0.29) is 22.8 Å². The van der Waals surface area contributed by atoms with E-state index in [4.69, 9.17) is 0 Å². The monoisotopic (exact) mass is 375 g/mol. The van der Waals surface area contributed by atoms with Crippen molar-refractivity contribution in [2.75, 3.05) is 4.90 Å². The molecule has 1 unspecified atom stereocenters. The lowest BCUT2D eigenvalue weighted by Crippen LogP contribution is -2.31. The van der Waals surface area contributed by atoms with E-state index in [9.17, 15) is 19.1 Å². The van der Waals surface area contributed by atoms with Crippen LogP contribution in [0.25, 0.3) is 5.76 Å². The van der Waals surface area contributed by atoms with Crippen molar-refractivity contribution in [2.24, 2.45) is 0 Å². The number of carbonyl (C=O) groups excluding carboxylic acids is 2. The fourth-order valence-electron chi connectivity index (χ4n) is 3.20. The minimum atomic E-state index is -1.19. The molecule has 0 bridgehead atoms. The highest BCUT2D eigenvalue weighted by Gasteiger charge is 2.48. The molecular formula is C21H14FN3O3. The molecule has 0 spiro atoms. The van der Waals surface area contributed by atoms with Crippen molar-refractivity contribution in [2.45, 2.75) is 6.04 Å². The van der Waals surface area contributed by atoms with Gasteiger partial charge in [0.15, 0.2) is 0 Å². The number of halogens is 1. The van der Waals surface area contributed by atoms with Crippen LogP contribution in [0, 0.1) is 5.82 Å². The van der Waals surface area contributed by atoms with Gasteiger partial charge in [0.05, 0.1) is 5.57 Å². The Morgan fingerprint density at radius 2 is 1.57 bits per heavy atom. The standard InChI is InChI=1S/C21H14FN3O3/c22-15-10-5-4-9-14(15)17-16(18(26)13-7-2-1-3-8-13)19(27)20(28)25(17)21-23-11-6-12-24-21/h1-12,17,26H/b18-16+. The van der Waals surface area contributed by atoms with Gasteiger partial charge in [-0.05, 0) is 12.1 Å². The van der Waals surface area contributed by atoms with Crippen molar-refractivity contribution in [3.63, 3.8) is 0 Å². The van der Waals surface area contributed by atoms with E-state index in [1.54, 1.807) is 42.5 Å². The molecule has 2 aromatic carbocycles. The molecule has 0 aliphatic carbocycles. The summed E-state index contributed by atoms with van der Waals surface area (Å²) in [6.45, 7) is 0. The second-order valence-corrected chi connectivity index (χ2v) is 6.11. The molecule has 138 valence electrons. The Morgan fingerprint density at radius 1 is 0.929 bits per heavy atom. The van der Waals surface area contributed by atoms with Gasteiger partial charge in [-0.15, -0.1) is 0 Å². The molecule has 1 N–H and O–H groups in total. The number of ketones is 1. The lowest BCUT2D eigenvalue weighted by Gasteiger charge is -2.23. The highest BCUT2D eigenvalue weighted by Crippen LogP contribution is 2.41. The van der Waals surface area contributed by atoms with Gasteiger partial charge >= 0.3 is 5.91 Å². The zero-order valence-electron chi connectivity index (χ0n) is 14.5. The molecule has 1 aliphatic heterocycles. The molecule has 6 nitrogen and oxygen atoms in total. The molecule has 1 amide bonds. The molecular weight excluding hydrogens is 361 g/mol. The van der Waals surface area contributed by atoms with Gasteiger partial charge in [-0.3, -0.25) is 14.5 Å². The van der Waals surface area contributed by atoms with Crippen molar-refractivity contribution in [3.8, 4) is 0 Å². The van der Waals surface area contributed by atoms with Gasteiger partial charge in [-0.25, -0.2) is 14.4 Å². The molecule has 1 saturated heterocycles. The summed E-state index contributed by atoms with van der Waals surface area (Å²) in [5, 5.41) is 10.8. The summed E-state index contributed by atoms with van der Waals surface area (Å²) in [5.41, 5.74) is 0.191. The van der Waals surface area contributed by atoms with E-state index in [0.717, 1.165) is 4.90 Å². The second-order valence-electron chi connectivity index (χ2n) is 6.11. The molecule has 3 aromatic rings. The van der Waals surface area contributed by atoms with Crippen LogP contribution < -0.4 is 4.90 Å². The van der Waals surface area contributed by atoms with Crippen molar-refractivity contribution in [3.05, 3.63) is 95.6 Å². The second kappa shape index (κ2) is 7.03. The Kier molecular flexibility index (Phi) is 4.41. The average molecular weight is 375 g/mol. The maximum absolute atomic E-state index is 14.6. The highest BCUT2D eigenvalue weighted by molar-refractivity contribution is 6.51. The maximum Gasteiger partial charge on any atom is 0.302 e. The lowest BCUT2D eigenvalue weighted by molar-refractivity contribution is -0.132. The Bertz CT molecular complexity index is 1080. The normalized spacial score (nSPS) is 18.5. The summed E-state index contributed by atoms with van der Waals surface area (Å²) >= 11 is 0. The molecule has 0 saturated carbocycles. The van der Waals surface area contributed by atoms with Crippen molar-refractivity contribution < 1.29 is 19.1 Å². The Labute approximate surface area is 159 Å². The van der Waals surface area contributed by atoms with Crippen LogP contribution in [0.2, 0.25) is 0 Å². The first kappa shape index (κ1) is 17.5. The highest BCUT2D eigenvalue weighted by atomic mass is 19.1. The van der Waals surface area contributed by atoms with E-state index >= 15 is 0 Å². The molecule has 2 heterocycles. The number of amides is 1. The number of benzene rings is 2. The molecule has 28 heavy (non-hydrogen) atoms. The van der Waals surface area contributed by atoms with E-state index < -0.39 is 23.5 Å². The van der Waals surface area contributed by atoms with Crippen molar-refractivity contribution in [1.82, 2.24) is 9.97 Å². The molecule has 1 fully saturated rings. The van der Waals surface area contributed by atoms with Gasteiger partial charge in [0.2, 0.25) is 5.95 Å². The van der Waals surface area contributed by atoms with Crippen molar-refractivity contribution in [1.29, 1.82) is 0 Å². The van der Waals surface area contributed by atoms with Gasteiger partial charge < -0.3 is 5.11 Å². The summed E-state index contributed by atoms with van der Waals surface area (Å²) < 4.78 is 14.6. The summed E-state index contributed by atoms with van der Waals surface area (Å²) in [4.78, 5) is 34.7. The van der Waals surface area contributed by atoms with Gasteiger partial charge in [0.25, 0.3) is 5.78 Å². The van der Waals surface area contributed by atoms with E-state index in [2.05, 4.69) is 9.97 Å². The largest absolute Gasteiger partial charge is 0.507 e. The van der Waals surface area contributed by atoms with E-state index in [1.807, 2.05) is 0 Å². The number of anilines is 1. The molecule has 4 rings (SSSR count). The third-order valence-corrected chi connectivity index (χ3v) is 4.46. The summed E-state index contributed by atoms with van der Waals surface area (Å²) in [6, 6.07) is 14.5. The van der Waals surface area contributed by atoms with Gasteiger partial charge in [-0.1, -0.05) is 48.5 Å². The van der Waals surface area contributed by atoms with Gasteiger partial charge in [0, 0.05) is 23.5 Å². The number of aliphatic hydroxyl groups is 1. The quantitative estimate of drug-likeness (QED) is 0.432. The summed E-state index contributed by atoms with van der Waals surface area (Å²) in [6.07, 6.45) is 2.83. The van der Waals surface area contributed by atoms with E-state index in [1.165, 1.54) is 30.6 Å². The first-order valence-electron chi connectivity index (χ1n) is 8.47. The van der Waals surface area contributed by atoms with E-state index in [0.29, 0.717) is 5.56 Å². The Balaban J connectivity index is 1.98. The predicted molar refractivity (Wildman–Crippen MR) is 99.7 cm³/mol.